The Labute approximate surface area is 226 Å². The molecule has 4 heterocycles. The molecule has 2 aromatic heterocycles. The summed E-state index contributed by atoms with van der Waals surface area (Å²) in [6, 6.07) is 7.94. The Morgan fingerprint density at radius 2 is 2.00 bits per heavy atom. The molecule has 1 saturated heterocycles. The number of anilines is 1. The zero-order valence-corrected chi connectivity index (χ0v) is 22.1. The minimum atomic E-state index is -0.725. The van der Waals surface area contributed by atoms with Gasteiger partial charge >= 0.3 is 0 Å². The molecule has 12 heteroatoms. The van der Waals surface area contributed by atoms with Crippen LogP contribution in [0.3, 0.4) is 0 Å². The van der Waals surface area contributed by atoms with Gasteiger partial charge in [-0.1, -0.05) is 6.92 Å². The monoisotopic (exact) mass is 536 g/mol. The van der Waals surface area contributed by atoms with Crippen LogP contribution in [0.4, 0.5) is 10.3 Å². The topological polar surface area (TPSA) is 130 Å². The van der Waals surface area contributed by atoms with E-state index in [-0.39, 0.29) is 17.1 Å². The van der Waals surface area contributed by atoms with Crippen LogP contribution in [0.1, 0.15) is 32.4 Å². The summed E-state index contributed by atoms with van der Waals surface area (Å²) in [5, 5.41) is 6.12. The summed E-state index contributed by atoms with van der Waals surface area (Å²) in [5.41, 5.74) is 2.25. The summed E-state index contributed by atoms with van der Waals surface area (Å²) in [5.74, 6) is 0.553. The third-order valence-electron chi connectivity index (χ3n) is 6.59. The maximum atomic E-state index is 13.7. The molecular weight excluding hydrogens is 503 g/mol. The molecule has 0 bridgehead atoms. The van der Waals surface area contributed by atoms with Crippen LogP contribution in [0.5, 0.6) is 0 Å². The van der Waals surface area contributed by atoms with Crippen molar-refractivity contribution in [2.45, 2.75) is 26.6 Å². The number of benzene rings is 1. The summed E-state index contributed by atoms with van der Waals surface area (Å²) in [7, 11) is 0. The molecule has 11 nitrogen and oxygen atoms in total. The number of hydrogen-bond donors (Lipinski definition) is 3. The number of imidazole rings is 1. The normalized spacial score (nSPS) is 21.3. The van der Waals surface area contributed by atoms with Crippen molar-refractivity contribution in [3.8, 4) is 22.6 Å². The highest BCUT2D eigenvalue weighted by molar-refractivity contribution is 5.77. The first kappa shape index (κ1) is 26.9. The minimum absolute atomic E-state index is 0.0992. The van der Waals surface area contributed by atoms with E-state index in [1.165, 1.54) is 19.1 Å². The first-order valence-electron chi connectivity index (χ1n) is 13.0. The Hall–Kier alpha value is -3.74. The lowest BCUT2D eigenvalue weighted by Crippen LogP contribution is -2.45. The van der Waals surface area contributed by atoms with Gasteiger partial charge in [-0.05, 0) is 36.8 Å². The van der Waals surface area contributed by atoms with Gasteiger partial charge in [-0.2, -0.15) is 0 Å². The molecule has 1 fully saturated rings. The number of ether oxygens (including phenoxy) is 2. The maximum Gasteiger partial charge on any atom is 0.223 e. The molecule has 0 saturated carbocycles. The van der Waals surface area contributed by atoms with E-state index in [1.807, 2.05) is 13.1 Å². The van der Waals surface area contributed by atoms with Crippen LogP contribution in [0, 0.1) is 11.2 Å². The molecule has 3 N–H and O–H groups in total. The van der Waals surface area contributed by atoms with Crippen molar-refractivity contribution in [1.82, 2.24) is 30.2 Å². The number of H-pyrrole nitrogens is 1. The van der Waals surface area contributed by atoms with Crippen molar-refractivity contribution in [3.63, 3.8) is 0 Å². The fourth-order valence-corrected chi connectivity index (χ4v) is 4.40. The van der Waals surface area contributed by atoms with E-state index in [0.29, 0.717) is 48.6 Å². The van der Waals surface area contributed by atoms with Gasteiger partial charge in [0, 0.05) is 56.5 Å². The highest BCUT2D eigenvalue weighted by Crippen LogP contribution is 2.35. The van der Waals surface area contributed by atoms with Gasteiger partial charge in [-0.25, -0.2) is 19.3 Å². The number of amides is 1. The van der Waals surface area contributed by atoms with E-state index >= 15 is 0 Å². The fraction of sp³-hybridized carbons (Fsp3) is 0.444. The van der Waals surface area contributed by atoms with Gasteiger partial charge in [0.25, 0.3) is 0 Å². The average molecular weight is 537 g/mol. The van der Waals surface area contributed by atoms with Crippen LogP contribution in [0.2, 0.25) is 0 Å². The molecule has 0 spiro atoms. The van der Waals surface area contributed by atoms with Crippen LogP contribution in [0.15, 0.2) is 41.5 Å². The van der Waals surface area contributed by atoms with Crippen molar-refractivity contribution in [3.05, 3.63) is 48.2 Å². The van der Waals surface area contributed by atoms with Crippen molar-refractivity contribution < 1.29 is 18.7 Å². The van der Waals surface area contributed by atoms with Gasteiger partial charge in [0.1, 0.15) is 5.82 Å². The second-order valence-corrected chi connectivity index (χ2v) is 10.2. The van der Waals surface area contributed by atoms with Crippen LogP contribution in [0.25, 0.3) is 22.6 Å². The summed E-state index contributed by atoms with van der Waals surface area (Å²) in [4.78, 5) is 35.0. The van der Waals surface area contributed by atoms with Gasteiger partial charge in [-0.15, -0.1) is 0 Å². The number of halogens is 1. The van der Waals surface area contributed by atoms with E-state index in [0.717, 1.165) is 38.3 Å². The number of aromatic nitrogens is 4. The number of aromatic amines is 1. The molecule has 206 valence electrons. The van der Waals surface area contributed by atoms with Crippen molar-refractivity contribution in [2.24, 2.45) is 10.4 Å². The zero-order chi connectivity index (χ0) is 27.2. The van der Waals surface area contributed by atoms with Crippen molar-refractivity contribution >= 4 is 18.1 Å². The van der Waals surface area contributed by atoms with Gasteiger partial charge < -0.3 is 25.1 Å². The molecule has 0 aliphatic carbocycles. The third-order valence-corrected chi connectivity index (χ3v) is 6.59. The zero-order valence-electron chi connectivity index (χ0n) is 22.1. The van der Waals surface area contributed by atoms with Crippen LogP contribution in [-0.4, -0.2) is 83.0 Å². The number of nitrogens with one attached hydrogen (secondary N) is 3. The highest BCUT2D eigenvalue weighted by atomic mass is 19.1. The molecule has 0 atom stereocenters. The van der Waals surface area contributed by atoms with E-state index in [4.69, 9.17) is 19.4 Å². The lowest BCUT2D eigenvalue weighted by molar-refractivity contribution is -0.232. The molecular formula is C27H33FN8O3. The molecule has 1 aromatic carbocycles. The van der Waals surface area contributed by atoms with Crippen LogP contribution >= 0.6 is 0 Å². The maximum absolute atomic E-state index is 13.7. The Morgan fingerprint density at radius 1 is 1.21 bits per heavy atom. The summed E-state index contributed by atoms with van der Waals surface area (Å²) in [6.45, 7) is 7.99. The summed E-state index contributed by atoms with van der Waals surface area (Å²) >= 11 is 0. The van der Waals surface area contributed by atoms with Crippen molar-refractivity contribution in [1.29, 1.82) is 0 Å². The van der Waals surface area contributed by atoms with Gasteiger partial charge in [-0.3, -0.25) is 14.7 Å². The molecule has 2 aliphatic heterocycles. The summed E-state index contributed by atoms with van der Waals surface area (Å²) in [6.07, 6.45) is 3.83. The lowest BCUT2D eigenvalue weighted by atomic mass is 9.92. The molecule has 2 aliphatic rings. The standard InChI is InChI=1S/C27H33FN8O3/c1-18(37)32-14-27(2)15-38-25(39-16-27)24-34-22(19-4-6-20(28)7-5-19)23(35-24)21-8-10-31-26(33-21)30-9-3-12-36-13-11-29-17-36/h4-8,10-11,25H,3,9,12-17H2,1-2H3,(H,32,37)(H,34,35)(H,30,31,33). The van der Waals surface area contributed by atoms with Crippen LogP contribution in [-0.2, 0) is 14.3 Å². The number of hydrogen-bond acceptors (Lipinski definition) is 9. The molecule has 39 heavy (non-hydrogen) atoms. The number of aliphatic imine (C=N–C) groups is 1. The molecule has 0 unspecified atom stereocenters. The molecule has 3 aromatic rings. The Morgan fingerprint density at radius 3 is 2.72 bits per heavy atom. The van der Waals surface area contributed by atoms with E-state index in [1.54, 1.807) is 24.4 Å². The lowest BCUT2D eigenvalue weighted by Gasteiger charge is -2.36. The van der Waals surface area contributed by atoms with E-state index < -0.39 is 6.29 Å². The first-order valence-corrected chi connectivity index (χ1v) is 13.0. The largest absolute Gasteiger partial charge is 0.356 e. The number of carbonyl (C=O) groups is 1. The van der Waals surface area contributed by atoms with Crippen LogP contribution < -0.4 is 10.6 Å². The average Bonchev–Trinajstić information content (AvgIpc) is 3.62. The first-order chi connectivity index (χ1) is 18.9. The second-order valence-electron chi connectivity index (χ2n) is 10.2. The van der Waals surface area contributed by atoms with Gasteiger partial charge in [0.15, 0.2) is 5.82 Å². The Kier molecular flexibility index (Phi) is 8.24. The molecule has 5 rings (SSSR count). The number of carbonyl (C=O) groups excluding carboxylic acids is 1. The highest BCUT2D eigenvalue weighted by Gasteiger charge is 2.35. The van der Waals surface area contributed by atoms with E-state index in [2.05, 4.69) is 30.5 Å². The second kappa shape index (κ2) is 12.0. The minimum Gasteiger partial charge on any atom is -0.356 e. The Bertz CT molecular complexity index is 1300. The Balaban J connectivity index is 1.33. The van der Waals surface area contributed by atoms with E-state index in [9.17, 15) is 9.18 Å². The number of nitrogens with zero attached hydrogens (tertiary/aromatic N) is 5. The quantitative estimate of drug-likeness (QED) is 0.337. The summed E-state index contributed by atoms with van der Waals surface area (Å²) < 4.78 is 25.7. The van der Waals surface area contributed by atoms with Crippen molar-refractivity contribution in [2.75, 3.05) is 51.4 Å². The fourth-order valence-electron chi connectivity index (χ4n) is 4.40. The van der Waals surface area contributed by atoms with Gasteiger partial charge in [0.05, 0.1) is 37.0 Å². The molecule has 0 radical (unpaired) electrons. The SMILES string of the molecule is CC(=O)NCC1(C)COC(c2nc(-c3ccc(F)cc3)c(-c3ccnc(NCCCN4CC=NC4)n3)[nH]2)OC1. The third kappa shape index (κ3) is 6.83. The smallest absolute Gasteiger partial charge is 0.223 e. The van der Waals surface area contributed by atoms with Gasteiger partial charge in [0.2, 0.25) is 18.1 Å². The predicted octanol–water partition coefficient (Wildman–Crippen LogP) is 3.01. The molecule has 1 amide bonds. The number of rotatable bonds is 10. The predicted molar refractivity (Wildman–Crippen MR) is 144 cm³/mol.